The van der Waals surface area contributed by atoms with Gasteiger partial charge in [0, 0.05) is 16.9 Å². The number of hydrogen-bond donors (Lipinski definition) is 2. The summed E-state index contributed by atoms with van der Waals surface area (Å²) < 4.78 is 25.1. The van der Waals surface area contributed by atoms with Crippen LogP contribution in [0.4, 0.5) is 11.4 Å². The normalized spacial score (nSPS) is 15.2. The minimum Gasteiger partial charge on any atom is -0.399 e. The number of carbonyl (C=O) groups is 1. The SMILES string of the molecule is Cc1ccc(N)cc1NC(=O)c1ccc(S(=O)(=O)C2CCCC2)cc1. The average Bonchev–Trinajstić information content (AvgIpc) is 3.13. The molecule has 2 aromatic rings. The molecule has 5 nitrogen and oxygen atoms in total. The summed E-state index contributed by atoms with van der Waals surface area (Å²) in [4.78, 5) is 12.7. The summed E-state index contributed by atoms with van der Waals surface area (Å²) in [5.74, 6) is -0.293. The van der Waals surface area contributed by atoms with Crippen LogP contribution in [0.3, 0.4) is 0 Å². The number of rotatable bonds is 4. The number of nitrogen functional groups attached to an aromatic ring is 1. The highest BCUT2D eigenvalue weighted by Gasteiger charge is 2.30. The molecule has 0 spiro atoms. The molecule has 1 saturated carbocycles. The van der Waals surface area contributed by atoms with E-state index in [4.69, 9.17) is 5.73 Å². The van der Waals surface area contributed by atoms with Crippen molar-refractivity contribution >= 4 is 27.1 Å². The molecular formula is C19H22N2O3S. The van der Waals surface area contributed by atoms with Crippen LogP contribution in [-0.4, -0.2) is 19.6 Å². The van der Waals surface area contributed by atoms with Gasteiger partial charge in [-0.1, -0.05) is 18.9 Å². The predicted molar refractivity (Wildman–Crippen MR) is 99.4 cm³/mol. The first-order valence-corrected chi connectivity index (χ1v) is 9.94. The van der Waals surface area contributed by atoms with Crippen LogP contribution in [0.5, 0.6) is 0 Å². The molecule has 2 aromatic carbocycles. The smallest absolute Gasteiger partial charge is 0.255 e. The molecule has 1 amide bonds. The van der Waals surface area contributed by atoms with E-state index < -0.39 is 9.84 Å². The van der Waals surface area contributed by atoms with Gasteiger partial charge in [-0.05, 0) is 61.7 Å². The van der Waals surface area contributed by atoms with Crippen LogP contribution in [-0.2, 0) is 9.84 Å². The van der Waals surface area contributed by atoms with E-state index in [1.165, 1.54) is 12.1 Å². The molecule has 6 heteroatoms. The van der Waals surface area contributed by atoms with Crippen molar-refractivity contribution < 1.29 is 13.2 Å². The minimum absolute atomic E-state index is 0.288. The second-order valence-electron chi connectivity index (χ2n) is 6.50. The lowest BCUT2D eigenvalue weighted by atomic mass is 10.1. The molecule has 3 N–H and O–H groups in total. The summed E-state index contributed by atoms with van der Waals surface area (Å²) in [7, 11) is -3.30. The van der Waals surface area contributed by atoms with Crippen LogP contribution in [0.1, 0.15) is 41.6 Å². The van der Waals surface area contributed by atoms with Gasteiger partial charge in [0.2, 0.25) is 0 Å². The number of aryl methyl sites for hydroxylation is 1. The molecule has 0 aliphatic heterocycles. The van der Waals surface area contributed by atoms with Crippen LogP contribution < -0.4 is 11.1 Å². The Bertz CT molecular complexity index is 883. The summed E-state index contributed by atoms with van der Waals surface area (Å²) in [5.41, 5.74) is 8.28. The topological polar surface area (TPSA) is 89.3 Å². The zero-order chi connectivity index (χ0) is 18.0. The summed E-state index contributed by atoms with van der Waals surface area (Å²) in [5, 5.41) is 2.52. The highest BCUT2D eigenvalue weighted by molar-refractivity contribution is 7.92. The fourth-order valence-electron chi connectivity index (χ4n) is 3.16. The highest BCUT2D eigenvalue weighted by Crippen LogP contribution is 2.29. The van der Waals surface area contributed by atoms with Crippen molar-refractivity contribution in [3.05, 3.63) is 53.6 Å². The van der Waals surface area contributed by atoms with Crippen molar-refractivity contribution in [3.8, 4) is 0 Å². The number of benzene rings is 2. The van der Waals surface area contributed by atoms with Gasteiger partial charge in [-0.15, -0.1) is 0 Å². The number of nitrogens with two attached hydrogens (primary N) is 1. The van der Waals surface area contributed by atoms with E-state index in [-0.39, 0.29) is 16.1 Å². The first-order chi connectivity index (χ1) is 11.9. The number of hydrogen-bond acceptors (Lipinski definition) is 4. The summed E-state index contributed by atoms with van der Waals surface area (Å²) in [6.07, 6.45) is 3.37. The van der Waals surface area contributed by atoms with Gasteiger partial charge in [-0.25, -0.2) is 8.42 Å². The second-order valence-corrected chi connectivity index (χ2v) is 8.73. The Labute approximate surface area is 148 Å². The molecule has 1 aliphatic carbocycles. The van der Waals surface area contributed by atoms with Crippen molar-refractivity contribution in [2.75, 3.05) is 11.1 Å². The number of amides is 1. The van der Waals surface area contributed by atoms with Gasteiger partial charge in [0.15, 0.2) is 9.84 Å². The average molecular weight is 358 g/mol. The van der Waals surface area contributed by atoms with E-state index in [1.54, 1.807) is 24.3 Å². The van der Waals surface area contributed by atoms with Crippen LogP contribution in [0.25, 0.3) is 0 Å². The molecular weight excluding hydrogens is 336 g/mol. The van der Waals surface area contributed by atoms with Crippen molar-refractivity contribution in [2.45, 2.75) is 42.8 Å². The lowest BCUT2D eigenvalue weighted by Crippen LogP contribution is -2.18. The molecule has 0 radical (unpaired) electrons. The first kappa shape index (κ1) is 17.5. The fourth-order valence-corrected chi connectivity index (χ4v) is 5.01. The quantitative estimate of drug-likeness (QED) is 0.818. The van der Waals surface area contributed by atoms with Crippen molar-refractivity contribution in [2.24, 2.45) is 0 Å². The van der Waals surface area contributed by atoms with E-state index in [0.29, 0.717) is 16.9 Å². The van der Waals surface area contributed by atoms with Crippen LogP contribution >= 0.6 is 0 Å². The lowest BCUT2D eigenvalue weighted by Gasteiger charge is -2.12. The second kappa shape index (κ2) is 6.88. The standard InChI is InChI=1S/C19H22N2O3S/c1-13-6-9-15(20)12-18(13)21-19(22)14-7-10-17(11-8-14)25(23,24)16-4-2-3-5-16/h6-12,16H,2-5,20H2,1H3,(H,21,22). The molecule has 0 bridgehead atoms. The van der Waals surface area contributed by atoms with Crippen molar-refractivity contribution in [1.29, 1.82) is 0 Å². The Hall–Kier alpha value is -2.34. The number of carbonyl (C=O) groups excluding carboxylic acids is 1. The van der Waals surface area contributed by atoms with Crippen molar-refractivity contribution in [1.82, 2.24) is 0 Å². The Morgan fingerprint density at radius 2 is 1.72 bits per heavy atom. The zero-order valence-corrected chi connectivity index (χ0v) is 15.0. The van der Waals surface area contributed by atoms with Crippen molar-refractivity contribution in [3.63, 3.8) is 0 Å². The van der Waals surface area contributed by atoms with Gasteiger partial charge in [0.25, 0.3) is 5.91 Å². The lowest BCUT2D eigenvalue weighted by molar-refractivity contribution is 0.102. The van der Waals surface area contributed by atoms with E-state index in [9.17, 15) is 13.2 Å². The maximum Gasteiger partial charge on any atom is 0.255 e. The Balaban J connectivity index is 1.78. The number of anilines is 2. The van der Waals surface area contributed by atoms with Crippen LogP contribution in [0.15, 0.2) is 47.4 Å². The molecule has 0 unspecified atom stereocenters. The van der Waals surface area contributed by atoms with Gasteiger partial charge in [-0.2, -0.15) is 0 Å². The fraction of sp³-hybridized carbons (Fsp3) is 0.316. The number of nitrogens with one attached hydrogen (secondary N) is 1. The third-order valence-corrected chi connectivity index (χ3v) is 6.97. The first-order valence-electron chi connectivity index (χ1n) is 8.39. The van der Waals surface area contributed by atoms with Crippen LogP contribution in [0, 0.1) is 6.92 Å². The molecule has 1 aliphatic rings. The molecule has 0 saturated heterocycles. The van der Waals surface area contributed by atoms with Gasteiger partial charge >= 0.3 is 0 Å². The molecule has 3 rings (SSSR count). The van der Waals surface area contributed by atoms with E-state index >= 15 is 0 Å². The molecule has 0 aromatic heterocycles. The maximum atomic E-state index is 12.6. The maximum absolute atomic E-state index is 12.6. The van der Waals surface area contributed by atoms with Crippen LogP contribution in [0.2, 0.25) is 0 Å². The molecule has 0 atom stereocenters. The molecule has 132 valence electrons. The Morgan fingerprint density at radius 1 is 1.08 bits per heavy atom. The largest absolute Gasteiger partial charge is 0.399 e. The zero-order valence-electron chi connectivity index (χ0n) is 14.2. The third-order valence-electron chi connectivity index (χ3n) is 4.70. The van der Waals surface area contributed by atoms with E-state index in [0.717, 1.165) is 31.2 Å². The van der Waals surface area contributed by atoms with E-state index in [2.05, 4.69) is 5.32 Å². The van der Waals surface area contributed by atoms with Gasteiger partial charge in [0.1, 0.15) is 0 Å². The van der Waals surface area contributed by atoms with Gasteiger partial charge < -0.3 is 11.1 Å². The molecule has 25 heavy (non-hydrogen) atoms. The summed E-state index contributed by atoms with van der Waals surface area (Å²) in [6, 6.07) is 11.5. The predicted octanol–water partition coefficient (Wildman–Crippen LogP) is 3.55. The highest BCUT2D eigenvalue weighted by atomic mass is 32.2. The minimum atomic E-state index is -3.30. The van der Waals surface area contributed by atoms with E-state index in [1.807, 2.05) is 13.0 Å². The number of sulfone groups is 1. The monoisotopic (exact) mass is 358 g/mol. The summed E-state index contributed by atoms with van der Waals surface area (Å²) >= 11 is 0. The Kier molecular flexibility index (Phi) is 4.81. The third kappa shape index (κ3) is 3.69. The van der Waals surface area contributed by atoms with Gasteiger partial charge in [0.05, 0.1) is 10.1 Å². The Morgan fingerprint density at radius 3 is 2.36 bits per heavy atom. The molecule has 0 heterocycles. The summed E-state index contributed by atoms with van der Waals surface area (Å²) in [6.45, 7) is 1.88. The molecule has 1 fully saturated rings. The van der Waals surface area contributed by atoms with Gasteiger partial charge in [-0.3, -0.25) is 4.79 Å².